The summed E-state index contributed by atoms with van der Waals surface area (Å²) in [5, 5.41) is 0. The molecule has 0 aliphatic rings. The third-order valence-electron chi connectivity index (χ3n) is 1.22. The summed E-state index contributed by atoms with van der Waals surface area (Å²) in [7, 11) is 0. The highest BCUT2D eigenvalue weighted by Gasteiger charge is 1.99. The number of fused-ring (bicyclic) bond motifs is 1. The second-order valence-corrected chi connectivity index (χ2v) is 1.92. The van der Waals surface area contributed by atoms with Crippen LogP contribution in [0, 0.1) is 6.92 Å². The van der Waals surface area contributed by atoms with E-state index in [9.17, 15) is 0 Å². The quantitative estimate of drug-likeness (QED) is 0.574. The van der Waals surface area contributed by atoms with Crippen LogP contribution in [0.2, 0.25) is 0 Å². The lowest BCUT2D eigenvalue weighted by Gasteiger charge is -1.72. The van der Waals surface area contributed by atoms with E-state index < -0.39 is 0 Å². The van der Waals surface area contributed by atoms with Gasteiger partial charge in [-0.05, 0) is 6.07 Å². The number of nitrogens with zero attached hydrogens (tertiary/aromatic N) is 1. The van der Waals surface area contributed by atoms with E-state index in [4.69, 9.17) is 4.42 Å². The number of oxazole rings is 1. The first kappa shape index (κ1) is 4.61. The lowest BCUT2D eigenvalue weighted by Crippen LogP contribution is -1.63. The molecule has 2 rings (SSSR count). The molecule has 0 atom stereocenters. The molecule has 0 amide bonds. The molecule has 0 spiro atoms. The first-order valence-electron chi connectivity index (χ1n) is 2.77. The van der Waals surface area contributed by atoms with Crippen molar-refractivity contribution in [1.29, 1.82) is 0 Å². The molecule has 0 aromatic carbocycles. The Morgan fingerprint density at radius 1 is 1.67 bits per heavy atom. The van der Waals surface area contributed by atoms with Crippen molar-refractivity contribution >= 4 is 11.2 Å². The zero-order chi connectivity index (χ0) is 6.27. The lowest BCUT2D eigenvalue weighted by atomic mass is 10.6. The van der Waals surface area contributed by atoms with E-state index >= 15 is 0 Å². The Labute approximate surface area is 51.7 Å². The van der Waals surface area contributed by atoms with Gasteiger partial charge < -0.3 is 9.40 Å². The second kappa shape index (κ2) is 1.37. The molecule has 2 aromatic heterocycles. The van der Waals surface area contributed by atoms with Crippen molar-refractivity contribution < 1.29 is 4.42 Å². The molecule has 0 aliphatic heterocycles. The van der Waals surface area contributed by atoms with Crippen LogP contribution in [-0.4, -0.2) is 9.97 Å². The van der Waals surface area contributed by atoms with Gasteiger partial charge in [0.1, 0.15) is 5.52 Å². The molecular weight excluding hydrogens is 116 g/mol. The van der Waals surface area contributed by atoms with Gasteiger partial charge in [0.05, 0.1) is 0 Å². The largest absolute Gasteiger partial charge is 0.425 e. The molecule has 9 heavy (non-hydrogen) atoms. The minimum absolute atomic E-state index is 0.705. The van der Waals surface area contributed by atoms with Crippen molar-refractivity contribution in [1.82, 2.24) is 9.97 Å². The average molecular weight is 122 g/mol. The van der Waals surface area contributed by atoms with Gasteiger partial charge in [0, 0.05) is 13.1 Å². The molecule has 0 radical (unpaired) electrons. The first-order valence-corrected chi connectivity index (χ1v) is 2.77. The molecular formula is C6H6N2O. The van der Waals surface area contributed by atoms with Crippen LogP contribution in [0.3, 0.4) is 0 Å². The third kappa shape index (κ3) is 0.543. The smallest absolute Gasteiger partial charge is 0.225 e. The minimum atomic E-state index is 0.705. The van der Waals surface area contributed by atoms with Crippen LogP contribution in [0.15, 0.2) is 16.7 Å². The second-order valence-electron chi connectivity index (χ2n) is 1.92. The Hall–Kier alpha value is -1.25. The van der Waals surface area contributed by atoms with E-state index in [2.05, 4.69) is 9.97 Å². The van der Waals surface area contributed by atoms with Crippen LogP contribution < -0.4 is 0 Å². The Bertz CT molecular complexity index is 292. The fraction of sp³-hybridized carbons (Fsp3) is 0.167. The highest BCUT2D eigenvalue weighted by atomic mass is 16.4. The molecule has 2 heterocycles. The van der Waals surface area contributed by atoms with Gasteiger partial charge in [-0.15, -0.1) is 0 Å². The summed E-state index contributed by atoms with van der Waals surface area (Å²) in [6.45, 7) is 1.83. The Kier molecular flexibility index (Phi) is 0.704. The summed E-state index contributed by atoms with van der Waals surface area (Å²) >= 11 is 0. The molecule has 0 saturated heterocycles. The Morgan fingerprint density at radius 2 is 2.56 bits per heavy atom. The van der Waals surface area contributed by atoms with Gasteiger partial charge in [-0.2, -0.15) is 0 Å². The van der Waals surface area contributed by atoms with Gasteiger partial charge in [-0.1, -0.05) is 0 Å². The van der Waals surface area contributed by atoms with Crippen molar-refractivity contribution in [3.05, 3.63) is 18.2 Å². The zero-order valence-electron chi connectivity index (χ0n) is 5.01. The summed E-state index contributed by atoms with van der Waals surface area (Å²) in [5.74, 6) is 0.705. The summed E-state index contributed by atoms with van der Waals surface area (Å²) in [6.07, 6.45) is 1.81. The van der Waals surface area contributed by atoms with E-state index in [1.54, 1.807) is 6.20 Å². The van der Waals surface area contributed by atoms with Gasteiger partial charge in [0.2, 0.25) is 5.71 Å². The number of aromatic nitrogens is 2. The maximum absolute atomic E-state index is 5.14. The molecule has 1 N–H and O–H groups in total. The van der Waals surface area contributed by atoms with Crippen LogP contribution in [0.5, 0.6) is 0 Å². The maximum Gasteiger partial charge on any atom is 0.225 e. The highest BCUT2D eigenvalue weighted by molar-refractivity contribution is 5.68. The average Bonchev–Trinajstić information content (AvgIpc) is 2.22. The number of H-pyrrole nitrogens is 1. The van der Waals surface area contributed by atoms with Crippen molar-refractivity contribution in [3.63, 3.8) is 0 Å². The van der Waals surface area contributed by atoms with Crippen molar-refractivity contribution in [2.24, 2.45) is 0 Å². The van der Waals surface area contributed by atoms with Crippen molar-refractivity contribution in [2.75, 3.05) is 0 Å². The summed E-state index contributed by atoms with van der Waals surface area (Å²) in [4.78, 5) is 6.99. The molecule has 0 saturated carbocycles. The number of nitrogens with one attached hydrogen (secondary N) is 1. The van der Waals surface area contributed by atoms with Crippen LogP contribution in [0.1, 0.15) is 5.89 Å². The van der Waals surface area contributed by atoms with Crippen molar-refractivity contribution in [3.8, 4) is 0 Å². The first-order chi connectivity index (χ1) is 4.36. The molecule has 0 unspecified atom stereocenters. The van der Waals surface area contributed by atoms with Crippen LogP contribution in [0.25, 0.3) is 11.2 Å². The van der Waals surface area contributed by atoms with Gasteiger partial charge in [-0.3, -0.25) is 0 Å². The number of aromatic amines is 1. The zero-order valence-corrected chi connectivity index (χ0v) is 5.01. The lowest BCUT2D eigenvalue weighted by molar-refractivity contribution is 0.551. The molecule has 46 valence electrons. The van der Waals surface area contributed by atoms with Crippen LogP contribution in [-0.2, 0) is 0 Å². The number of rotatable bonds is 0. The van der Waals surface area contributed by atoms with Gasteiger partial charge in [-0.25, -0.2) is 4.98 Å². The molecule has 0 bridgehead atoms. The summed E-state index contributed by atoms with van der Waals surface area (Å²) in [5.41, 5.74) is 1.65. The monoisotopic (exact) mass is 122 g/mol. The van der Waals surface area contributed by atoms with E-state index in [0.29, 0.717) is 5.89 Å². The van der Waals surface area contributed by atoms with Gasteiger partial charge >= 0.3 is 0 Å². The minimum Gasteiger partial charge on any atom is -0.425 e. The third-order valence-corrected chi connectivity index (χ3v) is 1.22. The van der Waals surface area contributed by atoms with Crippen molar-refractivity contribution in [2.45, 2.75) is 6.92 Å². The highest BCUT2D eigenvalue weighted by Crippen LogP contribution is 2.10. The maximum atomic E-state index is 5.14. The number of hydrogen-bond donors (Lipinski definition) is 1. The van der Waals surface area contributed by atoms with E-state index in [1.807, 2.05) is 13.0 Å². The van der Waals surface area contributed by atoms with E-state index in [1.165, 1.54) is 0 Å². The Balaban J connectivity index is 2.92. The predicted octanol–water partition coefficient (Wildman–Crippen LogP) is 1.46. The molecule has 3 nitrogen and oxygen atoms in total. The normalized spacial score (nSPS) is 10.8. The fourth-order valence-corrected chi connectivity index (χ4v) is 0.856. The van der Waals surface area contributed by atoms with E-state index in [-0.39, 0.29) is 0 Å². The number of hydrogen-bond acceptors (Lipinski definition) is 2. The Morgan fingerprint density at radius 3 is 3.33 bits per heavy atom. The summed E-state index contributed by atoms with van der Waals surface area (Å²) in [6, 6.07) is 1.88. The summed E-state index contributed by atoms with van der Waals surface area (Å²) < 4.78 is 5.14. The van der Waals surface area contributed by atoms with Gasteiger partial charge in [0.25, 0.3) is 0 Å². The van der Waals surface area contributed by atoms with Crippen LogP contribution in [0.4, 0.5) is 0 Å². The standard InChI is InChI=1S/C6H6N2O/c1-4-8-5-2-3-7-6(5)9-4/h2-3,7H,1H3. The molecule has 0 fully saturated rings. The van der Waals surface area contributed by atoms with Crippen LogP contribution >= 0.6 is 0 Å². The fourth-order valence-electron chi connectivity index (χ4n) is 0.856. The molecule has 2 aromatic rings. The topological polar surface area (TPSA) is 41.8 Å². The molecule has 3 heteroatoms. The molecule has 0 aliphatic carbocycles. The predicted molar refractivity (Wildman–Crippen MR) is 33.1 cm³/mol. The van der Waals surface area contributed by atoms with E-state index in [0.717, 1.165) is 11.2 Å². The SMILES string of the molecule is Cc1nc2cc[nH]c2o1. The van der Waals surface area contributed by atoms with Gasteiger partial charge in [0.15, 0.2) is 5.89 Å². The number of aryl methyl sites for hydroxylation is 1.